The van der Waals surface area contributed by atoms with E-state index >= 15 is 0 Å². The number of nitriles is 1. The molecule has 0 aliphatic carbocycles. The van der Waals surface area contributed by atoms with E-state index in [1.807, 2.05) is 6.07 Å². The van der Waals surface area contributed by atoms with Crippen LogP contribution in [0.3, 0.4) is 0 Å². The fourth-order valence-corrected chi connectivity index (χ4v) is 3.43. The number of hydrogen-bond donors (Lipinski definition) is 1. The molecule has 1 aromatic carbocycles. The van der Waals surface area contributed by atoms with Gasteiger partial charge < -0.3 is 5.11 Å². The van der Waals surface area contributed by atoms with Gasteiger partial charge in [-0.05, 0) is 31.0 Å². The largest absolute Gasteiger partial charge is 0.480 e. The first-order valence-electron chi connectivity index (χ1n) is 5.95. The Morgan fingerprint density at radius 3 is 2.60 bits per heavy atom. The van der Waals surface area contributed by atoms with Gasteiger partial charge in [0.05, 0.1) is 11.0 Å². The van der Waals surface area contributed by atoms with Gasteiger partial charge in [0.25, 0.3) is 0 Å². The number of aryl methyl sites for hydroxylation is 2. The summed E-state index contributed by atoms with van der Waals surface area (Å²) in [5, 5.41) is 17.4. The Kier molecular flexibility index (Phi) is 5.25. The molecule has 0 unspecified atom stereocenters. The molecule has 0 saturated heterocycles. The fourth-order valence-electron chi connectivity index (χ4n) is 1.73. The molecule has 0 fully saturated rings. The van der Waals surface area contributed by atoms with Crippen molar-refractivity contribution in [1.82, 2.24) is 4.31 Å². The Balaban J connectivity index is 3.25. The van der Waals surface area contributed by atoms with Crippen molar-refractivity contribution in [3.63, 3.8) is 0 Å². The van der Waals surface area contributed by atoms with E-state index in [2.05, 4.69) is 0 Å². The lowest BCUT2D eigenvalue weighted by atomic mass is 10.2. The van der Waals surface area contributed by atoms with Crippen molar-refractivity contribution in [2.75, 3.05) is 13.1 Å². The van der Waals surface area contributed by atoms with Gasteiger partial charge in [0.2, 0.25) is 10.0 Å². The predicted octanol–water partition coefficient (Wildman–Crippen LogP) is 1.29. The van der Waals surface area contributed by atoms with E-state index in [0.29, 0.717) is 5.56 Å². The van der Waals surface area contributed by atoms with Crippen LogP contribution in [0.5, 0.6) is 0 Å². The van der Waals surface area contributed by atoms with E-state index < -0.39 is 22.5 Å². The predicted molar refractivity (Wildman–Crippen MR) is 72.5 cm³/mol. The van der Waals surface area contributed by atoms with Crippen LogP contribution in [0.2, 0.25) is 0 Å². The van der Waals surface area contributed by atoms with E-state index in [0.717, 1.165) is 9.87 Å². The zero-order valence-corrected chi connectivity index (χ0v) is 12.1. The van der Waals surface area contributed by atoms with Crippen molar-refractivity contribution in [1.29, 1.82) is 5.26 Å². The number of carboxylic acids is 1. The quantitative estimate of drug-likeness (QED) is 0.853. The summed E-state index contributed by atoms with van der Waals surface area (Å²) in [5.74, 6) is -1.25. The average molecular weight is 296 g/mol. The first-order valence-corrected chi connectivity index (χ1v) is 7.39. The topological polar surface area (TPSA) is 98.5 Å². The minimum absolute atomic E-state index is 0.0582. The summed E-state index contributed by atoms with van der Waals surface area (Å²) in [7, 11) is -3.92. The standard InChI is InChI=1S/C13H16N2O4S/c1-10-4-5-11(2)12(8-10)20(18,19)15(7-3-6-14)9-13(16)17/h4-5,8H,3,7,9H2,1-2H3,(H,16,17). The zero-order valence-electron chi connectivity index (χ0n) is 11.3. The third kappa shape index (κ3) is 3.79. The van der Waals surface area contributed by atoms with Crippen LogP contribution >= 0.6 is 0 Å². The summed E-state index contributed by atoms with van der Waals surface area (Å²) in [5.41, 5.74) is 1.31. The van der Waals surface area contributed by atoms with E-state index in [1.54, 1.807) is 26.0 Å². The van der Waals surface area contributed by atoms with Crippen LogP contribution in [0.15, 0.2) is 23.1 Å². The third-order valence-corrected chi connectivity index (χ3v) is 4.73. The first kappa shape index (κ1) is 16.1. The van der Waals surface area contributed by atoms with Crippen LogP contribution in [0.1, 0.15) is 17.5 Å². The van der Waals surface area contributed by atoms with Crippen LogP contribution in [0.25, 0.3) is 0 Å². The number of rotatable bonds is 6. The van der Waals surface area contributed by atoms with Crippen molar-refractivity contribution < 1.29 is 18.3 Å². The van der Waals surface area contributed by atoms with E-state index in [1.165, 1.54) is 6.07 Å². The summed E-state index contributed by atoms with van der Waals surface area (Å²) >= 11 is 0. The molecular weight excluding hydrogens is 280 g/mol. The second-order valence-electron chi connectivity index (χ2n) is 4.41. The number of sulfonamides is 1. The Morgan fingerprint density at radius 1 is 1.40 bits per heavy atom. The molecule has 0 aliphatic heterocycles. The van der Waals surface area contributed by atoms with E-state index in [4.69, 9.17) is 10.4 Å². The Bertz CT molecular complexity index is 647. The van der Waals surface area contributed by atoms with Gasteiger partial charge in [0.1, 0.15) is 6.54 Å². The third-order valence-electron chi connectivity index (χ3n) is 2.75. The lowest BCUT2D eigenvalue weighted by molar-refractivity contribution is -0.137. The van der Waals surface area contributed by atoms with Gasteiger partial charge in [-0.3, -0.25) is 4.79 Å². The van der Waals surface area contributed by atoms with Crippen molar-refractivity contribution in [2.45, 2.75) is 25.2 Å². The van der Waals surface area contributed by atoms with Crippen molar-refractivity contribution in [2.24, 2.45) is 0 Å². The Hall–Kier alpha value is -1.91. The van der Waals surface area contributed by atoms with Gasteiger partial charge in [0, 0.05) is 13.0 Å². The van der Waals surface area contributed by atoms with Gasteiger partial charge in [0.15, 0.2) is 0 Å². The van der Waals surface area contributed by atoms with E-state index in [-0.39, 0.29) is 17.9 Å². The summed E-state index contributed by atoms with van der Waals surface area (Å²) < 4.78 is 25.8. The van der Waals surface area contributed by atoms with Gasteiger partial charge in [-0.25, -0.2) is 8.42 Å². The number of carboxylic acid groups (broad SMARTS) is 1. The normalized spacial score (nSPS) is 11.3. The number of carbonyl (C=O) groups is 1. The number of hydrogen-bond acceptors (Lipinski definition) is 4. The molecule has 7 heteroatoms. The van der Waals surface area contributed by atoms with Gasteiger partial charge in [-0.15, -0.1) is 0 Å². The fraction of sp³-hybridized carbons (Fsp3) is 0.385. The maximum Gasteiger partial charge on any atom is 0.318 e. The maximum atomic E-state index is 12.5. The lowest BCUT2D eigenvalue weighted by Gasteiger charge is -2.20. The molecule has 6 nitrogen and oxygen atoms in total. The van der Waals surface area contributed by atoms with Crippen LogP contribution < -0.4 is 0 Å². The Morgan fingerprint density at radius 2 is 2.05 bits per heavy atom. The highest BCUT2D eigenvalue weighted by Gasteiger charge is 2.27. The molecule has 1 rings (SSSR count). The molecular formula is C13H16N2O4S. The van der Waals surface area contributed by atoms with Gasteiger partial charge >= 0.3 is 5.97 Å². The molecule has 0 radical (unpaired) electrons. The average Bonchev–Trinajstić information content (AvgIpc) is 2.36. The summed E-state index contributed by atoms with van der Waals surface area (Å²) in [6, 6.07) is 6.78. The van der Waals surface area contributed by atoms with Crippen LogP contribution in [-0.4, -0.2) is 36.9 Å². The maximum absolute atomic E-state index is 12.5. The zero-order chi connectivity index (χ0) is 15.3. The number of aliphatic carboxylic acids is 1. The molecule has 0 amide bonds. The molecule has 108 valence electrons. The highest BCUT2D eigenvalue weighted by Crippen LogP contribution is 2.21. The van der Waals surface area contributed by atoms with Crippen molar-refractivity contribution >= 4 is 16.0 Å². The molecule has 0 spiro atoms. The van der Waals surface area contributed by atoms with Crippen LogP contribution in [0, 0.1) is 25.2 Å². The molecule has 0 atom stereocenters. The second kappa shape index (κ2) is 6.50. The second-order valence-corrected chi connectivity index (χ2v) is 6.32. The van der Waals surface area contributed by atoms with Crippen molar-refractivity contribution in [3.8, 4) is 6.07 Å². The molecule has 0 aliphatic rings. The number of nitrogens with zero attached hydrogens (tertiary/aromatic N) is 2. The number of benzene rings is 1. The molecule has 0 aromatic heterocycles. The minimum Gasteiger partial charge on any atom is -0.480 e. The van der Waals surface area contributed by atoms with Crippen LogP contribution in [0.4, 0.5) is 0 Å². The Labute approximate surface area is 118 Å². The van der Waals surface area contributed by atoms with Crippen LogP contribution in [-0.2, 0) is 14.8 Å². The molecule has 1 N–H and O–H groups in total. The first-order chi connectivity index (χ1) is 9.28. The summed E-state index contributed by atoms with van der Waals surface area (Å²) in [6.45, 7) is 2.61. The molecule has 0 heterocycles. The SMILES string of the molecule is Cc1ccc(C)c(S(=O)(=O)N(CCC#N)CC(=O)O)c1. The van der Waals surface area contributed by atoms with Gasteiger partial charge in [-0.1, -0.05) is 12.1 Å². The van der Waals surface area contributed by atoms with Crippen molar-refractivity contribution in [3.05, 3.63) is 29.3 Å². The molecule has 20 heavy (non-hydrogen) atoms. The smallest absolute Gasteiger partial charge is 0.318 e. The summed E-state index contributed by atoms with van der Waals surface area (Å²) in [4.78, 5) is 10.9. The lowest BCUT2D eigenvalue weighted by Crippen LogP contribution is -2.36. The minimum atomic E-state index is -3.92. The summed E-state index contributed by atoms with van der Waals surface area (Å²) in [6.07, 6.45) is -0.0582. The molecule has 1 aromatic rings. The van der Waals surface area contributed by atoms with E-state index in [9.17, 15) is 13.2 Å². The highest BCUT2D eigenvalue weighted by molar-refractivity contribution is 7.89. The molecule has 0 saturated carbocycles. The monoisotopic (exact) mass is 296 g/mol. The highest BCUT2D eigenvalue weighted by atomic mass is 32.2. The van der Waals surface area contributed by atoms with Gasteiger partial charge in [-0.2, -0.15) is 9.57 Å². The molecule has 0 bridgehead atoms.